The van der Waals surface area contributed by atoms with Crippen LogP contribution in [0.1, 0.15) is 18.1 Å². The molecule has 21 heavy (non-hydrogen) atoms. The SMILES string of the molecule is Cc1cc(S(=O)(=O)NCC(C)S(C)=O)ccc1C#CCO. The molecule has 0 aliphatic heterocycles. The minimum Gasteiger partial charge on any atom is -0.384 e. The molecule has 0 heterocycles. The van der Waals surface area contributed by atoms with Crippen molar-refractivity contribution < 1.29 is 17.7 Å². The van der Waals surface area contributed by atoms with Gasteiger partial charge in [-0.2, -0.15) is 0 Å². The monoisotopic (exact) mass is 329 g/mol. The molecule has 0 spiro atoms. The van der Waals surface area contributed by atoms with E-state index in [-0.39, 0.29) is 23.3 Å². The molecule has 1 aromatic carbocycles. The summed E-state index contributed by atoms with van der Waals surface area (Å²) in [5.74, 6) is 5.27. The molecule has 0 aliphatic carbocycles. The molecule has 116 valence electrons. The highest BCUT2D eigenvalue weighted by Gasteiger charge is 2.17. The van der Waals surface area contributed by atoms with E-state index < -0.39 is 20.8 Å². The van der Waals surface area contributed by atoms with Crippen LogP contribution in [0.2, 0.25) is 0 Å². The van der Waals surface area contributed by atoms with E-state index in [0.29, 0.717) is 11.1 Å². The summed E-state index contributed by atoms with van der Waals surface area (Å²) in [5, 5.41) is 8.41. The van der Waals surface area contributed by atoms with Crippen LogP contribution >= 0.6 is 0 Å². The zero-order valence-corrected chi connectivity index (χ0v) is 13.8. The van der Waals surface area contributed by atoms with Crippen molar-refractivity contribution in [3.8, 4) is 11.8 Å². The minimum absolute atomic E-state index is 0.122. The first kappa shape index (κ1) is 17.9. The van der Waals surface area contributed by atoms with Crippen molar-refractivity contribution in [1.82, 2.24) is 4.72 Å². The highest BCUT2D eigenvalue weighted by atomic mass is 32.2. The number of aliphatic hydroxyl groups is 1. The molecule has 0 radical (unpaired) electrons. The predicted molar refractivity (Wildman–Crippen MR) is 83.9 cm³/mol. The summed E-state index contributed by atoms with van der Waals surface area (Å²) in [5.41, 5.74) is 1.39. The largest absolute Gasteiger partial charge is 0.384 e. The van der Waals surface area contributed by atoms with Crippen molar-refractivity contribution in [2.45, 2.75) is 24.0 Å². The Balaban J connectivity index is 2.94. The molecule has 2 N–H and O–H groups in total. The predicted octanol–water partition coefficient (Wildman–Crippen LogP) is 0.384. The van der Waals surface area contributed by atoms with Gasteiger partial charge in [0.05, 0.1) is 4.90 Å². The van der Waals surface area contributed by atoms with Gasteiger partial charge in [0.2, 0.25) is 10.0 Å². The van der Waals surface area contributed by atoms with Gasteiger partial charge in [-0.25, -0.2) is 13.1 Å². The highest BCUT2D eigenvalue weighted by Crippen LogP contribution is 2.15. The average Bonchev–Trinajstić information content (AvgIpc) is 2.43. The van der Waals surface area contributed by atoms with Gasteiger partial charge in [-0.05, 0) is 37.6 Å². The topological polar surface area (TPSA) is 83.5 Å². The molecule has 5 nitrogen and oxygen atoms in total. The van der Waals surface area contributed by atoms with Gasteiger partial charge in [-0.1, -0.05) is 11.8 Å². The maximum absolute atomic E-state index is 12.2. The van der Waals surface area contributed by atoms with Gasteiger partial charge >= 0.3 is 0 Å². The van der Waals surface area contributed by atoms with Crippen LogP contribution in [0.5, 0.6) is 0 Å². The summed E-state index contributed by atoms with van der Waals surface area (Å²) in [7, 11) is -4.71. The van der Waals surface area contributed by atoms with Crippen LogP contribution in [0.15, 0.2) is 23.1 Å². The number of aliphatic hydroxyl groups excluding tert-OH is 1. The maximum atomic E-state index is 12.2. The van der Waals surface area contributed by atoms with Crippen molar-refractivity contribution >= 4 is 20.8 Å². The molecule has 0 aliphatic rings. The third-order valence-corrected chi connectivity index (χ3v) is 5.66. The van der Waals surface area contributed by atoms with Gasteiger partial charge in [0.1, 0.15) is 6.61 Å². The van der Waals surface area contributed by atoms with Crippen LogP contribution in [0.25, 0.3) is 0 Å². The zero-order chi connectivity index (χ0) is 16.0. The molecule has 0 saturated heterocycles. The van der Waals surface area contributed by atoms with Gasteiger partial charge in [-0.15, -0.1) is 0 Å². The number of nitrogens with one attached hydrogen (secondary N) is 1. The molecule has 0 fully saturated rings. The van der Waals surface area contributed by atoms with E-state index in [1.54, 1.807) is 19.9 Å². The average molecular weight is 329 g/mol. The van der Waals surface area contributed by atoms with E-state index in [1.807, 2.05) is 0 Å². The molecule has 0 aromatic heterocycles. The van der Waals surface area contributed by atoms with E-state index in [1.165, 1.54) is 18.4 Å². The Morgan fingerprint density at radius 2 is 2.10 bits per heavy atom. The third kappa shape index (κ3) is 5.25. The Kier molecular flexibility index (Phi) is 6.55. The number of hydrogen-bond acceptors (Lipinski definition) is 4. The number of hydrogen-bond donors (Lipinski definition) is 2. The van der Waals surface area contributed by atoms with Crippen molar-refractivity contribution in [2.75, 3.05) is 19.4 Å². The molecule has 7 heteroatoms. The van der Waals surface area contributed by atoms with Crippen molar-refractivity contribution in [3.05, 3.63) is 29.3 Å². The lowest BCUT2D eigenvalue weighted by atomic mass is 10.1. The summed E-state index contributed by atoms with van der Waals surface area (Å²) >= 11 is 0. The lowest BCUT2D eigenvalue weighted by molar-refractivity contribution is 0.350. The number of aryl methyl sites for hydroxylation is 1. The van der Waals surface area contributed by atoms with E-state index in [0.717, 1.165) is 0 Å². The van der Waals surface area contributed by atoms with E-state index in [2.05, 4.69) is 16.6 Å². The fourth-order valence-electron chi connectivity index (χ4n) is 1.51. The second-order valence-corrected chi connectivity index (χ2v) is 8.17. The molecule has 0 saturated carbocycles. The number of sulfonamides is 1. The molecule has 0 bridgehead atoms. The van der Waals surface area contributed by atoms with Gasteiger partial charge in [-0.3, -0.25) is 4.21 Å². The second-order valence-electron chi connectivity index (χ2n) is 4.60. The summed E-state index contributed by atoms with van der Waals surface area (Å²) in [4.78, 5) is 0.142. The van der Waals surface area contributed by atoms with E-state index >= 15 is 0 Å². The summed E-state index contributed by atoms with van der Waals surface area (Å²) in [6.07, 6.45) is 1.54. The fraction of sp³-hybridized carbons (Fsp3) is 0.429. The lowest BCUT2D eigenvalue weighted by Crippen LogP contribution is -2.32. The molecular weight excluding hydrogens is 310 g/mol. The van der Waals surface area contributed by atoms with Gasteiger partial charge < -0.3 is 5.11 Å². The van der Waals surface area contributed by atoms with Gasteiger partial charge in [0.25, 0.3) is 0 Å². The van der Waals surface area contributed by atoms with Crippen molar-refractivity contribution in [3.63, 3.8) is 0 Å². The Morgan fingerprint density at radius 1 is 1.43 bits per heavy atom. The van der Waals surface area contributed by atoms with Crippen LogP contribution < -0.4 is 4.72 Å². The van der Waals surface area contributed by atoms with Crippen LogP contribution in [-0.4, -0.2) is 42.4 Å². The number of benzene rings is 1. The van der Waals surface area contributed by atoms with Crippen molar-refractivity contribution in [2.24, 2.45) is 0 Å². The normalized spacial score (nSPS) is 14.1. The first-order chi connectivity index (χ1) is 9.77. The molecular formula is C14H19NO4S2. The summed E-state index contributed by atoms with van der Waals surface area (Å²) in [6, 6.07) is 4.59. The Bertz CT molecular complexity index is 687. The van der Waals surface area contributed by atoms with Crippen LogP contribution in [0.3, 0.4) is 0 Å². The van der Waals surface area contributed by atoms with E-state index in [4.69, 9.17) is 5.11 Å². The standard InChI is InChI=1S/C14H19NO4S2/c1-11-9-14(7-6-13(11)5-4-8-16)21(18,19)15-10-12(2)20(3)17/h6-7,9,12,15-16H,8,10H2,1-3H3. The maximum Gasteiger partial charge on any atom is 0.240 e. The van der Waals surface area contributed by atoms with Gasteiger partial charge in [0, 0.05) is 34.4 Å². The Labute approximate surface area is 128 Å². The minimum atomic E-state index is -3.63. The molecule has 2 unspecified atom stereocenters. The fourth-order valence-corrected chi connectivity index (χ4v) is 3.14. The lowest BCUT2D eigenvalue weighted by Gasteiger charge is -2.11. The third-order valence-electron chi connectivity index (χ3n) is 2.94. The zero-order valence-electron chi connectivity index (χ0n) is 12.2. The summed E-state index contributed by atoms with van der Waals surface area (Å²) < 4.78 is 38.0. The quantitative estimate of drug-likeness (QED) is 0.765. The first-order valence-corrected chi connectivity index (χ1v) is 9.40. The molecule has 1 aromatic rings. The Morgan fingerprint density at radius 3 is 2.62 bits per heavy atom. The summed E-state index contributed by atoms with van der Waals surface area (Å²) in [6.45, 7) is 3.35. The Hall–Kier alpha value is -1.20. The molecule has 0 amide bonds. The highest BCUT2D eigenvalue weighted by molar-refractivity contribution is 7.89. The molecule has 2 atom stereocenters. The second kappa shape index (κ2) is 7.71. The van der Waals surface area contributed by atoms with Gasteiger partial charge in [0.15, 0.2) is 0 Å². The number of rotatable bonds is 5. The van der Waals surface area contributed by atoms with Crippen LogP contribution in [0.4, 0.5) is 0 Å². The van der Waals surface area contributed by atoms with E-state index in [9.17, 15) is 12.6 Å². The van der Waals surface area contributed by atoms with Crippen LogP contribution in [-0.2, 0) is 20.8 Å². The molecule has 1 rings (SSSR count). The smallest absolute Gasteiger partial charge is 0.240 e. The van der Waals surface area contributed by atoms with Crippen molar-refractivity contribution in [1.29, 1.82) is 0 Å². The van der Waals surface area contributed by atoms with Crippen LogP contribution in [0, 0.1) is 18.8 Å². The first-order valence-electron chi connectivity index (χ1n) is 6.30.